The number of esters is 1. The third kappa shape index (κ3) is 3.63. The number of rotatable bonds is 5. The first-order valence-electron chi connectivity index (χ1n) is 6.69. The van der Waals surface area contributed by atoms with E-state index in [4.69, 9.17) is 4.74 Å². The van der Waals surface area contributed by atoms with Crippen molar-refractivity contribution in [3.63, 3.8) is 0 Å². The van der Waals surface area contributed by atoms with Gasteiger partial charge in [-0.05, 0) is 43.3 Å². The molecule has 0 radical (unpaired) electrons. The fourth-order valence-corrected chi connectivity index (χ4v) is 1.91. The molecule has 0 heterocycles. The van der Waals surface area contributed by atoms with Gasteiger partial charge in [-0.3, -0.25) is 4.79 Å². The molecule has 2 aromatic rings. The van der Waals surface area contributed by atoms with E-state index in [-0.39, 0.29) is 11.5 Å². The summed E-state index contributed by atoms with van der Waals surface area (Å²) < 4.78 is 10.0. The van der Waals surface area contributed by atoms with Crippen LogP contribution >= 0.6 is 0 Å². The molecule has 0 bridgehead atoms. The molecule has 1 unspecified atom stereocenters. The smallest absolute Gasteiger partial charge is 0.346 e. The van der Waals surface area contributed by atoms with E-state index >= 15 is 0 Å². The first kappa shape index (κ1) is 15.6. The fourth-order valence-electron chi connectivity index (χ4n) is 1.91. The third-order valence-corrected chi connectivity index (χ3v) is 3.07. The number of carbonyl (C=O) groups is 2. The normalized spacial score (nSPS) is 11.5. The summed E-state index contributed by atoms with van der Waals surface area (Å²) in [4.78, 5) is 23.7. The molecular formula is C17H16O5. The highest BCUT2D eigenvalue weighted by Crippen LogP contribution is 2.19. The van der Waals surface area contributed by atoms with Crippen molar-refractivity contribution in [1.82, 2.24) is 0 Å². The summed E-state index contributed by atoms with van der Waals surface area (Å²) in [6.07, 6.45) is -0.760. The number of hydrogen-bond acceptors (Lipinski definition) is 5. The molecule has 1 N–H and O–H groups in total. The quantitative estimate of drug-likeness (QED) is 0.678. The molecule has 2 rings (SSSR count). The Bertz CT molecular complexity index is 676. The number of benzene rings is 2. The highest BCUT2D eigenvalue weighted by Gasteiger charge is 2.16. The SMILES string of the molecule is COC(=O)C(C)Oc1cccc(C(=O)c2ccc(O)cc2)c1. The highest BCUT2D eigenvalue weighted by molar-refractivity contribution is 6.09. The lowest BCUT2D eigenvalue weighted by molar-refractivity contribution is -0.147. The van der Waals surface area contributed by atoms with E-state index in [1.54, 1.807) is 43.3 Å². The zero-order chi connectivity index (χ0) is 16.1. The van der Waals surface area contributed by atoms with Gasteiger partial charge in [0.15, 0.2) is 11.9 Å². The number of methoxy groups -OCH3 is 1. The van der Waals surface area contributed by atoms with E-state index in [0.717, 1.165) is 0 Å². The van der Waals surface area contributed by atoms with Crippen LogP contribution < -0.4 is 4.74 Å². The second-order valence-electron chi connectivity index (χ2n) is 4.69. The van der Waals surface area contributed by atoms with E-state index in [1.807, 2.05) is 0 Å². The number of carbonyl (C=O) groups excluding carboxylic acids is 2. The summed E-state index contributed by atoms with van der Waals surface area (Å²) in [6, 6.07) is 12.5. The van der Waals surface area contributed by atoms with Gasteiger partial charge in [-0.25, -0.2) is 4.79 Å². The lowest BCUT2D eigenvalue weighted by Crippen LogP contribution is -2.24. The van der Waals surface area contributed by atoms with Crippen LogP contribution in [0.25, 0.3) is 0 Å². The first-order valence-corrected chi connectivity index (χ1v) is 6.69. The van der Waals surface area contributed by atoms with Gasteiger partial charge in [-0.1, -0.05) is 12.1 Å². The molecule has 0 fully saturated rings. The van der Waals surface area contributed by atoms with Crippen LogP contribution in [0.4, 0.5) is 0 Å². The fraction of sp³-hybridized carbons (Fsp3) is 0.176. The Morgan fingerprint density at radius 3 is 2.36 bits per heavy atom. The molecule has 0 aliphatic rings. The Hall–Kier alpha value is -2.82. The van der Waals surface area contributed by atoms with Crippen molar-refractivity contribution < 1.29 is 24.2 Å². The van der Waals surface area contributed by atoms with E-state index < -0.39 is 12.1 Å². The topological polar surface area (TPSA) is 72.8 Å². The van der Waals surface area contributed by atoms with E-state index in [1.165, 1.54) is 19.2 Å². The summed E-state index contributed by atoms with van der Waals surface area (Å²) in [5.41, 5.74) is 0.885. The van der Waals surface area contributed by atoms with Crippen molar-refractivity contribution in [2.24, 2.45) is 0 Å². The molecule has 0 amide bonds. The number of aromatic hydroxyl groups is 1. The van der Waals surface area contributed by atoms with Crippen LogP contribution in [0.1, 0.15) is 22.8 Å². The Kier molecular flexibility index (Phi) is 4.78. The van der Waals surface area contributed by atoms with Gasteiger partial charge in [-0.15, -0.1) is 0 Å². The average molecular weight is 300 g/mol. The van der Waals surface area contributed by atoms with Crippen molar-refractivity contribution in [2.45, 2.75) is 13.0 Å². The van der Waals surface area contributed by atoms with Gasteiger partial charge in [-0.2, -0.15) is 0 Å². The van der Waals surface area contributed by atoms with Gasteiger partial charge in [0.2, 0.25) is 0 Å². The maximum Gasteiger partial charge on any atom is 0.346 e. The second kappa shape index (κ2) is 6.76. The number of phenolic OH excluding ortho intramolecular Hbond substituents is 1. The Morgan fingerprint density at radius 1 is 1.05 bits per heavy atom. The molecule has 2 aromatic carbocycles. The maximum atomic E-state index is 12.4. The lowest BCUT2D eigenvalue weighted by Gasteiger charge is -2.13. The van der Waals surface area contributed by atoms with E-state index in [9.17, 15) is 14.7 Å². The molecule has 0 aliphatic heterocycles. The molecule has 0 spiro atoms. The van der Waals surface area contributed by atoms with Gasteiger partial charge in [0, 0.05) is 11.1 Å². The van der Waals surface area contributed by atoms with Crippen molar-refractivity contribution in [1.29, 1.82) is 0 Å². The molecule has 5 heteroatoms. The third-order valence-electron chi connectivity index (χ3n) is 3.07. The minimum absolute atomic E-state index is 0.0977. The van der Waals surface area contributed by atoms with Gasteiger partial charge >= 0.3 is 5.97 Å². The summed E-state index contributed by atoms with van der Waals surface area (Å²) in [5, 5.41) is 9.25. The zero-order valence-electron chi connectivity index (χ0n) is 12.3. The van der Waals surface area contributed by atoms with Crippen LogP contribution in [0.5, 0.6) is 11.5 Å². The van der Waals surface area contributed by atoms with Crippen LogP contribution in [0.2, 0.25) is 0 Å². The monoisotopic (exact) mass is 300 g/mol. The molecule has 5 nitrogen and oxygen atoms in total. The Morgan fingerprint density at radius 2 is 1.73 bits per heavy atom. The van der Waals surface area contributed by atoms with Crippen molar-refractivity contribution in [3.05, 3.63) is 59.7 Å². The summed E-state index contributed by atoms with van der Waals surface area (Å²) in [5.74, 6) is -0.186. The van der Waals surface area contributed by atoms with Crippen molar-refractivity contribution in [3.8, 4) is 11.5 Å². The molecule has 114 valence electrons. The molecule has 0 saturated carbocycles. The maximum absolute atomic E-state index is 12.4. The van der Waals surface area contributed by atoms with Crippen LogP contribution in [0.3, 0.4) is 0 Å². The molecular weight excluding hydrogens is 284 g/mol. The Labute approximate surface area is 128 Å². The van der Waals surface area contributed by atoms with Gasteiger partial charge in [0.25, 0.3) is 0 Å². The first-order chi connectivity index (χ1) is 10.5. The number of hydrogen-bond donors (Lipinski definition) is 1. The van der Waals surface area contributed by atoms with Crippen molar-refractivity contribution in [2.75, 3.05) is 7.11 Å². The summed E-state index contributed by atoms with van der Waals surface area (Å²) in [7, 11) is 1.28. The van der Waals surface area contributed by atoms with Crippen LogP contribution in [-0.4, -0.2) is 30.1 Å². The second-order valence-corrected chi connectivity index (χ2v) is 4.69. The van der Waals surface area contributed by atoms with Gasteiger partial charge in [0.05, 0.1) is 7.11 Å². The number of ketones is 1. The van der Waals surface area contributed by atoms with Gasteiger partial charge in [0.1, 0.15) is 11.5 Å². The predicted molar refractivity (Wildman–Crippen MR) is 80.1 cm³/mol. The van der Waals surface area contributed by atoms with E-state index in [2.05, 4.69) is 4.74 Å². The zero-order valence-corrected chi connectivity index (χ0v) is 12.3. The van der Waals surface area contributed by atoms with E-state index in [0.29, 0.717) is 16.9 Å². The highest BCUT2D eigenvalue weighted by atomic mass is 16.6. The number of ether oxygens (including phenoxy) is 2. The average Bonchev–Trinajstić information content (AvgIpc) is 2.54. The van der Waals surface area contributed by atoms with Gasteiger partial charge < -0.3 is 14.6 Å². The molecule has 22 heavy (non-hydrogen) atoms. The number of phenols is 1. The summed E-state index contributed by atoms with van der Waals surface area (Å²) >= 11 is 0. The minimum atomic E-state index is -0.760. The van der Waals surface area contributed by atoms with Crippen molar-refractivity contribution >= 4 is 11.8 Å². The van der Waals surface area contributed by atoms with Crippen LogP contribution in [-0.2, 0) is 9.53 Å². The Balaban J connectivity index is 2.19. The molecule has 0 saturated heterocycles. The molecule has 0 aliphatic carbocycles. The summed E-state index contributed by atoms with van der Waals surface area (Å²) in [6.45, 7) is 1.57. The molecule has 0 aromatic heterocycles. The lowest BCUT2D eigenvalue weighted by atomic mass is 10.0. The standard InChI is InChI=1S/C17H16O5/c1-11(17(20)21-2)22-15-5-3-4-13(10-15)16(19)12-6-8-14(18)9-7-12/h3-11,18H,1-2H3. The largest absolute Gasteiger partial charge is 0.508 e. The van der Waals surface area contributed by atoms with Crippen LogP contribution in [0.15, 0.2) is 48.5 Å². The molecule has 1 atom stereocenters. The minimum Gasteiger partial charge on any atom is -0.508 e. The predicted octanol–water partition coefficient (Wildman–Crippen LogP) is 2.56. The van der Waals surface area contributed by atoms with Crippen LogP contribution in [0, 0.1) is 0 Å².